The van der Waals surface area contributed by atoms with Crippen molar-refractivity contribution in [1.82, 2.24) is 9.97 Å². The van der Waals surface area contributed by atoms with Crippen LogP contribution in [0.2, 0.25) is 0 Å². The molecule has 1 atom stereocenters. The monoisotopic (exact) mass is 265 g/mol. The molecular weight excluding hydrogens is 242 g/mol. The molecule has 6 nitrogen and oxygen atoms in total. The molecule has 0 spiro atoms. The Morgan fingerprint density at radius 2 is 1.95 bits per heavy atom. The zero-order valence-corrected chi connectivity index (χ0v) is 11.8. The van der Waals surface area contributed by atoms with E-state index in [1.165, 1.54) is 0 Å². The predicted octanol–water partition coefficient (Wildman–Crippen LogP) is 1.38. The lowest BCUT2D eigenvalue weighted by Crippen LogP contribution is -2.30. The third-order valence-corrected chi connectivity index (χ3v) is 3.57. The molecule has 1 aliphatic carbocycles. The first-order valence-corrected chi connectivity index (χ1v) is 6.79. The van der Waals surface area contributed by atoms with Crippen molar-refractivity contribution in [1.29, 1.82) is 0 Å². The van der Waals surface area contributed by atoms with Crippen LogP contribution < -0.4 is 16.6 Å². The van der Waals surface area contributed by atoms with E-state index < -0.39 is 0 Å². The van der Waals surface area contributed by atoms with Crippen LogP contribution in [0.5, 0.6) is 0 Å². The number of nitrogens with one attached hydrogen (secondary N) is 2. The molecule has 1 aliphatic rings. The first-order chi connectivity index (χ1) is 9.06. The molecule has 1 heterocycles. The second-order valence-corrected chi connectivity index (χ2v) is 5.50. The highest BCUT2D eigenvalue weighted by atomic mass is 16.3. The van der Waals surface area contributed by atoms with E-state index in [-0.39, 0.29) is 12.6 Å². The molecular formula is C13H23N5O. The van der Waals surface area contributed by atoms with Crippen molar-refractivity contribution in [2.45, 2.75) is 45.6 Å². The second kappa shape index (κ2) is 5.71. The van der Waals surface area contributed by atoms with E-state index in [0.717, 1.165) is 30.0 Å². The van der Waals surface area contributed by atoms with E-state index in [0.29, 0.717) is 17.7 Å². The molecule has 5 N–H and O–H groups in total. The molecule has 19 heavy (non-hydrogen) atoms. The van der Waals surface area contributed by atoms with Gasteiger partial charge in [-0.1, -0.05) is 13.8 Å². The largest absolute Gasteiger partial charge is 0.394 e. The summed E-state index contributed by atoms with van der Waals surface area (Å²) in [6.45, 7) is 6.12. The SMILES string of the molecule is Cc1c(NN)nc(C2CC2)nc1NC(CO)C(C)C. The molecule has 1 fully saturated rings. The molecule has 2 rings (SSSR count). The molecule has 1 aromatic rings. The van der Waals surface area contributed by atoms with Gasteiger partial charge in [0.2, 0.25) is 0 Å². The highest BCUT2D eigenvalue weighted by molar-refractivity contribution is 5.57. The molecule has 1 saturated carbocycles. The summed E-state index contributed by atoms with van der Waals surface area (Å²) < 4.78 is 0. The van der Waals surface area contributed by atoms with Gasteiger partial charge in [0.25, 0.3) is 0 Å². The van der Waals surface area contributed by atoms with E-state index in [1.807, 2.05) is 6.92 Å². The average Bonchev–Trinajstić information content (AvgIpc) is 3.21. The normalized spacial score (nSPS) is 16.5. The van der Waals surface area contributed by atoms with Gasteiger partial charge in [-0.2, -0.15) is 0 Å². The Bertz CT molecular complexity index is 445. The highest BCUT2D eigenvalue weighted by Gasteiger charge is 2.28. The number of nitrogen functional groups attached to an aromatic ring is 1. The van der Waals surface area contributed by atoms with Crippen molar-refractivity contribution in [3.63, 3.8) is 0 Å². The molecule has 1 aromatic heterocycles. The van der Waals surface area contributed by atoms with Gasteiger partial charge in [0, 0.05) is 11.5 Å². The third-order valence-electron chi connectivity index (χ3n) is 3.57. The van der Waals surface area contributed by atoms with Gasteiger partial charge in [-0.25, -0.2) is 15.8 Å². The maximum absolute atomic E-state index is 9.42. The van der Waals surface area contributed by atoms with Gasteiger partial charge >= 0.3 is 0 Å². The number of hydrogen-bond acceptors (Lipinski definition) is 6. The van der Waals surface area contributed by atoms with E-state index in [9.17, 15) is 5.11 Å². The molecule has 0 radical (unpaired) electrons. The van der Waals surface area contributed by atoms with Gasteiger partial charge in [0.05, 0.1) is 12.6 Å². The van der Waals surface area contributed by atoms with Crippen LogP contribution in [-0.2, 0) is 0 Å². The summed E-state index contributed by atoms with van der Waals surface area (Å²) in [4.78, 5) is 9.03. The van der Waals surface area contributed by atoms with Crippen molar-refractivity contribution >= 4 is 11.6 Å². The van der Waals surface area contributed by atoms with Crippen molar-refractivity contribution in [3.05, 3.63) is 11.4 Å². The van der Waals surface area contributed by atoms with Crippen LogP contribution in [0.25, 0.3) is 0 Å². The summed E-state index contributed by atoms with van der Waals surface area (Å²) in [5.41, 5.74) is 3.51. The molecule has 0 aromatic carbocycles. The number of aliphatic hydroxyl groups excluding tert-OH is 1. The average molecular weight is 265 g/mol. The Morgan fingerprint density at radius 3 is 2.42 bits per heavy atom. The van der Waals surface area contributed by atoms with Crippen molar-refractivity contribution in [2.24, 2.45) is 11.8 Å². The topological polar surface area (TPSA) is 96.1 Å². The van der Waals surface area contributed by atoms with Gasteiger partial charge in [-0.05, 0) is 25.7 Å². The maximum atomic E-state index is 9.42. The molecule has 6 heteroatoms. The maximum Gasteiger partial charge on any atom is 0.148 e. The van der Waals surface area contributed by atoms with Crippen LogP contribution in [0.15, 0.2) is 0 Å². The number of nitrogens with two attached hydrogens (primary N) is 1. The molecule has 0 bridgehead atoms. The molecule has 0 saturated heterocycles. The molecule has 1 unspecified atom stereocenters. The van der Waals surface area contributed by atoms with E-state index >= 15 is 0 Å². The lowest BCUT2D eigenvalue weighted by molar-refractivity contribution is 0.249. The summed E-state index contributed by atoms with van der Waals surface area (Å²) in [6, 6.07) is -0.0220. The zero-order valence-electron chi connectivity index (χ0n) is 11.8. The third kappa shape index (κ3) is 3.13. The quantitative estimate of drug-likeness (QED) is 0.458. The molecule has 106 valence electrons. The minimum Gasteiger partial charge on any atom is -0.394 e. The van der Waals surface area contributed by atoms with Crippen LogP contribution in [0.4, 0.5) is 11.6 Å². The van der Waals surface area contributed by atoms with Gasteiger partial charge in [0.1, 0.15) is 17.5 Å². The van der Waals surface area contributed by atoms with Crippen LogP contribution in [-0.4, -0.2) is 27.7 Å². The number of aliphatic hydroxyl groups is 1. The number of anilines is 2. The Morgan fingerprint density at radius 1 is 1.32 bits per heavy atom. The van der Waals surface area contributed by atoms with Crippen molar-refractivity contribution in [2.75, 3.05) is 17.3 Å². The number of hydrazine groups is 1. The van der Waals surface area contributed by atoms with Crippen LogP contribution >= 0.6 is 0 Å². The molecule has 0 amide bonds. The minimum absolute atomic E-state index is 0.0220. The van der Waals surface area contributed by atoms with E-state index in [2.05, 4.69) is 34.6 Å². The lowest BCUT2D eigenvalue weighted by Gasteiger charge is -2.22. The van der Waals surface area contributed by atoms with Crippen LogP contribution in [0.3, 0.4) is 0 Å². The zero-order chi connectivity index (χ0) is 14.0. The van der Waals surface area contributed by atoms with E-state index in [4.69, 9.17) is 5.84 Å². The summed E-state index contributed by atoms with van der Waals surface area (Å²) in [6.07, 6.45) is 2.28. The first kappa shape index (κ1) is 14.0. The smallest absolute Gasteiger partial charge is 0.148 e. The minimum atomic E-state index is -0.0220. The summed E-state index contributed by atoms with van der Waals surface area (Å²) in [5, 5.41) is 12.7. The van der Waals surface area contributed by atoms with Crippen molar-refractivity contribution < 1.29 is 5.11 Å². The summed E-state index contributed by atoms with van der Waals surface area (Å²) in [5.74, 6) is 8.54. The standard InChI is InChI=1S/C13H23N5O/c1-7(2)10(6-19)15-11-8(3)12(18-14)17-13(16-11)9-4-5-9/h7,9-10,19H,4-6,14H2,1-3H3,(H2,15,16,17,18). The number of aromatic nitrogens is 2. The fourth-order valence-electron chi connectivity index (χ4n) is 1.94. The van der Waals surface area contributed by atoms with Crippen LogP contribution in [0.1, 0.15) is 44.0 Å². The number of nitrogens with zero attached hydrogens (tertiary/aromatic N) is 2. The van der Waals surface area contributed by atoms with Gasteiger partial charge in [-0.15, -0.1) is 0 Å². The highest BCUT2D eigenvalue weighted by Crippen LogP contribution is 2.39. The lowest BCUT2D eigenvalue weighted by atomic mass is 10.1. The number of hydrogen-bond donors (Lipinski definition) is 4. The summed E-state index contributed by atoms with van der Waals surface area (Å²) in [7, 11) is 0. The summed E-state index contributed by atoms with van der Waals surface area (Å²) >= 11 is 0. The fraction of sp³-hybridized carbons (Fsp3) is 0.692. The van der Waals surface area contributed by atoms with Gasteiger partial charge < -0.3 is 15.8 Å². The Labute approximate surface area is 113 Å². The molecule has 0 aliphatic heterocycles. The predicted molar refractivity (Wildman–Crippen MR) is 75.9 cm³/mol. The van der Waals surface area contributed by atoms with Crippen LogP contribution in [0, 0.1) is 12.8 Å². The van der Waals surface area contributed by atoms with Gasteiger partial charge in [0.15, 0.2) is 0 Å². The number of rotatable bonds is 6. The first-order valence-electron chi connectivity index (χ1n) is 6.79. The van der Waals surface area contributed by atoms with Gasteiger partial charge in [-0.3, -0.25) is 0 Å². The van der Waals surface area contributed by atoms with Crippen molar-refractivity contribution in [3.8, 4) is 0 Å². The Kier molecular flexibility index (Phi) is 4.21. The fourth-order valence-corrected chi connectivity index (χ4v) is 1.94. The Hall–Kier alpha value is -1.40. The second-order valence-electron chi connectivity index (χ2n) is 5.50. The van der Waals surface area contributed by atoms with E-state index in [1.54, 1.807) is 0 Å². The Balaban J connectivity index is 2.29.